The second kappa shape index (κ2) is 9.42. The van der Waals surface area contributed by atoms with E-state index in [0.29, 0.717) is 51.9 Å². The first-order valence-electron chi connectivity index (χ1n) is 12.0. The Morgan fingerprint density at radius 2 is 1.71 bits per heavy atom. The fraction of sp³-hybridized carbons (Fsp3) is 0.625. The fourth-order valence-electron chi connectivity index (χ4n) is 5.03. The molecule has 0 spiro atoms. The van der Waals surface area contributed by atoms with E-state index in [1.54, 1.807) is 15.3 Å². The Balaban J connectivity index is 1.40. The number of likely N-dealkylation sites (tertiary alicyclic amines) is 1. The van der Waals surface area contributed by atoms with E-state index in [0.717, 1.165) is 16.6 Å². The van der Waals surface area contributed by atoms with Gasteiger partial charge in [-0.2, -0.15) is 0 Å². The third kappa shape index (κ3) is 5.30. The lowest BCUT2D eigenvalue weighted by atomic mass is 9.90. The molecule has 0 aliphatic carbocycles. The highest BCUT2D eigenvalue weighted by atomic mass is 32.2. The van der Waals surface area contributed by atoms with Crippen LogP contribution < -0.4 is 0 Å². The Labute approximate surface area is 205 Å². The summed E-state index contributed by atoms with van der Waals surface area (Å²) in [4.78, 5) is 29.6. The van der Waals surface area contributed by atoms with Crippen LogP contribution in [-0.4, -0.2) is 81.4 Å². The summed E-state index contributed by atoms with van der Waals surface area (Å²) in [7, 11) is -1.59. The average molecular weight is 507 g/mol. The lowest BCUT2D eigenvalue weighted by molar-refractivity contribution is 0.0216. The van der Waals surface area contributed by atoms with Crippen LogP contribution in [0.25, 0.3) is 11.0 Å². The molecular formula is C24H34N4O6S. The fourth-order valence-corrected chi connectivity index (χ4v) is 6.98. The molecule has 4 rings (SSSR count). The summed E-state index contributed by atoms with van der Waals surface area (Å²) in [6.45, 7) is 7.00. The summed E-state index contributed by atoms with van der Waals surface area (Å²) in [6, 6.07) is 1.65. The van der Waals surface area contributed by atoms with Gasteiger partial charge in [-0.05, 0) is 64.0 Å². The van der Waals surface area contributed by atoms with Crippen molar-refractivity contribution in [1.29, 1.82) is 0 Å². The van der Waals surface area contributed by atoms with Gasteiger partial charge in [0, 0.05) is 51.0 Å². The first kappa shape index (κ1) is 25.4. The molecule has 0 saturated carbocycles. The number of carboxylic acid groups (broad SMARTS) is 1. The van der Waals surface area contributed by atoms with Gasteiger partial charge in [-0.15, -0.1) is 0 Å². The highest BCUT2D eigenvalue weighted by molar-refractivity contribution is 7.89. The van der Waals surface area contributed by atoms with Crippen LogP contribution in [-0.2, 0) is 21.8 Å². The Bertz CT molecular complexity index is 1220. The van der Waals surface area contributed by atoms with Crippen molar-refractivity contribution in [1.82, 2.24) is 18.8 Å². The van der Waals surface area contributed by atoms with Gasteiger partial charge in [0.1, 0.15) is 11.2 Å². The van der Waals surface area contributed by atoms with Crippen LogP contribution in [0.2, 0.25) is 0 Å². The van der Waals surface area contributed by atoms with Gasteiger partial charge in [-0.25, -0.2) is 27.3 Å². The average Bonchev–Trinajstić information content (AvgIpc) is 3.14. The van der Waals surface area contributed by atoms with Crippen molar-refractivity contribution >= 4 is 33.1 Å². The highest BCUT2D eigenvalue weighted by Crippen LogP contribution is 2.36. The van der Waals surface area contributed by atoms with E-state index in [-0.39, 0.29) is 11.5 Å². The number of amides is 1. The van der Waals surface area contributed by atoms with Gasteiger partial charge >= 0.3 is 12.1 Å². The first-order chi connectivity index (χ1) is 16.4. The summed E-state index contributed by atoms with van der Waals surface area (Å²) in [6.07, 6.45) is 5.05. The zero-order valence-electron chi connectivity index (χ0n) is 20.7. The zero-order valence-corrected chi connectivity index (χ0v) is 21.5. The number of piperidine rings is 2. The molecule has 35 heavy (non-hydrogen) atoms. The number of aryl methyl sites for hydroxylation is 1. The minimum Gasteiger partial charge on any atom is -0.478 e. The summed E-state index contributed by atoms with van der Waals surface area (Å²) < 4.78 is 35.6. The number of aromatic nitrogens is 2. The van der Waals surface area contributed by atoms with Crippen LogP contribution in [0.4, 0.5) is 4.79 Å². The lowest BCUT2D eigenvalue weighted by Gasteiger charge is -2.37. The number of aromatic carboxylic acids is 1. The van der Waals surface area contributed by atoms with Crippen LogP contribution in [0.3, 0.4) is 0 Å². The molecule has 0 aromatic carbocycles. The Kier molecular flexibility index (Phi) is 6.85. The van der Waals surface area contributed by atoms with Gasteiger partial charge in [0.15, 0.2) is 0 Å². The zero-order chi connectivity index (χ0) is 25.5. The van der Waals surface area contributed by atoms with Crippen molar-refractivity contribution in [3.63, 3.8) is 0 Å². The summed E-state index contributed by atoms with van der Waals surface area (Å²) in [5, 5.41) is 9.65. The third-order valence-corrected chi connectivity index (χ3v) is 9.26. The molecule has 10 nitrogen and oxygen atoms in total. The van der Waals surface area contributed by atoms with E-state index in [1.165, 1.54) is 6.20 Å². The van der Waals surface area contributed by atoms with E-state index in [4.69, 9.17) is 4.74 Å². The van der Waals surface area contributed by atoms with Gasteiger partial charge in [-0.3, -0.25) is 0 Å². The molecule has 0 radical (unpaired) electrons. The SMILES string of the molecule is Cn1cc(C2CCN(S(=O)(=O)C3CCN(C(=O)OC(C)(C)C)CC3)CC2)c2cc(C(=O)O)cnc21. The molecule has 0 atom stereocenters. The smallest absolute Gasteiger partial charge is 0.410 e. The largest absolute Gasteiger partial charge is 0.478 e. The molecule has 1 amide bonds. The number of rotatable bonds is 4. The van der Waals surface area contributed by atoms with Gasteiger partial charge in [0.05, 0.1) is 10.8 Å². The van der Waals surface area contributed by atoms with Gasteiger partial charge in [0.25, 0.3) is 0 Å². The van der Waals surface area contributed by atoms with Crippen molar-refractivity contribution < 1.29 is 27.9 Å². The van der Waals surface area contributed by atoms with E-state index in [1.807, 2.05) is 38.6 Å². The summed E-state index contributed by atoms with van der Waals surface area (Å²) in [5.41, 5.74) is 1.29. The molecule has 192 valence electrons. The number of sulfonamides is 1. The number of pyridine rings is 1. The summed E-state index contributed by atoms with van der Waals surface area (Å²) >= 11 is 0. The highest BCUT2D eigenvalue weighted by Gasteiger charge is 2.38. The van der Waals surface area contributed by atoms with Crippen LogP contribution in [0, 0.1) is 0 Å². The van der Waals surface area contributed by atoms with Gasteiger partial charge in [0.2, 0.25) is 10.0 Å². The minimum absolute atomic E-state index is 0.130. The van der Waals surface area contributed by atoms with Crippen LogP contribution in [0.1, 0.15) is 68.3 Å². The maximum atomic E-state index is 13.3. The number of carbonyl (C=O) groups excluding carboxylic acids is 1. The Morgan fingerprint density at radius 1 is 1.09 bits per heavy atom. The van der Waals surface area contributed by atoms with E-state index < -0.39 is 32.9 Å². The number of carbonyl (C=O) groups is 2. The minimum atomic E-state index is -3.47. The molecule has 1 N–H and O–H groups in total. The number of hydrogen-bond acceptors (Lipinski definition) is 6. The predicted octanol–water partition coefficient (Wildman–Crippen LogP) is 3.18. The van der Waals surface area contributed by atoms with E-state index in [9.17, 15) is 23.1 Å². The third-order valence-electron chi connectivity index (χ3n) is 6.86. The molecule has 2 aromatic heterocycles. The molecule has 11 heteroatoms. The molecule has 2 aliphatic rings. The van der Waals surface area contributed by atoms with Crippen molar-refractivity contribution in [2.24, 2.45) is 7.05 Å². The number of carboxylic acids is 1. The molecule has 2 fully saturated rings. The maximum Gasteiger partial charge on any atom is 0.410 e. The van der Waals surface area contributed by atoms with Crippen LogP contribution >= 0.6 is 0 Å². The van der Waals surface area contributed by atoms with Crippen molar-refractivity contribution in [2.75, 3.05) is 26.2 Å². The molecule has 2 aromatic rings. The lowest BCUT2D eigenvalue weighted by Crippen LogP contribution is -2.49. The number of ether oxygens (including phenoxy) is 1. The van der Waals surface area contributed by atoms with Crippen LogP contribution in [0.15, 0.2) is 18.5 Å². The quantitative estimate of drug-likeness (QED) is 0.676. The number of hydrogen-bond donors (Lipinski definition) is 1. The first-order valence-corrected chi connectivity index (χ1v) is 13.5. The van der Waals surface area contributed by atoms with Crippen molar-refractivity contribution in [2.45, 2.75) is 63.2 Å². The topological polar surface area (TPSA) is 122 Å². The summed E-state index contributed by atoms with van der Waals surface area (Å²) in [5.74, 6) is -0.891. The Hall–Kier alpha value is -2.66. The standard InChI is InChI=1S/C24H34N4O6S/c1-24(2,3)34-23(31)27-9-7-18(8-10-27)35(32,33)28-11-5-16(6-12-28)20-15-26(4)21-19(20)13-17(14-25-21)22(29)30/h13-16,18H,5-12H2,1-4H3,(H,29,30). The van der Waals surface area contributed by atoms with E-state index >= 15 is 0 Å². The van der Waals surface area contributed by atoms with Crippen LogP contribution in [0.5, 0.6) is 0 Å². The second-order valence-corrected chi connectivity index (χ2v) is 12.7. The molecule has 2 aliphatic heterocycles. The molecule has 0 bridgehead atoms. The molecule has 2 saturated heterocycles. The monoisotopic (exact) mass is 506 g/mol. The van der Waals surface area contributed by atoms with Crippen molar-refractivity contribution in [3.05, 3.63) is 29.6 Å². The second-order valence-electron chi connectivity index (χ2n) is 10.5. The molecular weight excluding hydrogens is 472 g/mol. The van der Waals surface area contributed by atoms with Gasteiger partial charge < -0.3 is 19.3 Å². The normalized spacial score (nSPS) is 19.3. The molecule has 4 heterocycles. The molecule has 0 unspecified atom stereocenters. The number of nitrogens with zero attached hydrogens (tertiary/aromatic N) is 4. The predicted molar refractivity (Wildman–Crippen MR) is 131 cm³/mol. The number of fused-ring (bicyclic) bond motifs is 1. The van der Waals surface area contributed by atoms with E-state index in [2.05, 4.69) is 4.98 Å². The maximum absolute atomic E-state index is 13.3. The van der Waals surface area contributed by atoms with Gasteiger partial charge in [-0.1, -0.05) is 0 Å². The van der Waals surface area contributed by atoms with Crippen molar-refractivity contribution in [3.8, 4) is 0 Å². The Morgan fingerprint density at radius 3 is 2.29 bits per heavy atom.